The van der Waals surface area contributed by atoms with Crippen molar-refractivity contribution in [3.63, 3.8) is 0 Å². The first-order valence-corrected chi connectivity index (χ1v) is 25.0. The highest BCUT2D eigenvalue weighted by Crippen LogP contribution is 2.20. The quantitative estimate of drug-likeness (QED) is 0.0242. The molecule has 1 heterocycles. The number of amides is 7. The average Bonchev–Trinajstić information content (AvgIpc) is 3.84. The van der Waals surface area contributed by atoms with Crippen molar-refractivity contribution in [3.05, 3.63) is 71.8 Å². The van der Waals surface area contributed by atoms with Crippen molar-refractivity contribution >= 4 is 53.3 Å². The lowest BCUT2D eigenvalue weighted by Gasteiger charge is -2.28. The predicted molar refractivity (Wildman–Crippen MR) is 273 cm³/mol. The summed E-state index contributed by atoms with van der Waals surface area (Å²) in [5, 5.41) is 26.1. The fourth-order valence-corrected chi connectivity index (χ4v) is 8.25. The molecule has 0 aliphatic carbocycles. The van der Waals surface area contributed by atoms with E-state index in [0.717, 1.165) is 0 Å². The largest absolute Gasteiger partial charge is 0.480 e. The number of carboxylic acids is 1. The Morgan fingerprint density at radius 1 is 0.625 bits per heavy atom. The van der Waals surface area contributed by atoms with Gasteiger partial charge in [-0.1, -0.05) is 80.9 Å². The van der Waals surface area contributed by atoms with E-state index in [4.69, 9.17) is 28.7 Å². The minimum atomic E-state index is -1.32. The molecule has 1 aliphatic heterocycles. The third kappa shape index (κ3) is 21.0. The maximum absolute atomic E-state index is 14.6. The van der Waals surface area contributed by atoms with E-state index in [2.05, 4.69) is 36.9 Å². The number of aliphatic carboxylic acids is 1. The van der Waals surface area contributed by atoms with E-state index in [-0.39, 0.29) is 62.9 Å². The van der Waals surface area contributed by atoms with Gasteiger partial charge in [0.05, 0.1) is 6.04 Å². The minimum Gasteiger partial charge on any atom is -0.480 e. The molecule has 17 N–H and O–H groups in total. The second-order valence-corrected chi connectivity index (χ2v) is 18.7. The van der Waals surface area contributed by atoms with Gasteiger partial charge in [-0.3, -0.25) is 38.6 Å². The number of hydrogen-bond donors (Lipinski definition) is 12. The third-order valence-electron chi connectivity index (χ3n) is 12.2. The Hall–Kier alpha value is -6.65. The molecular formula is C50H79N13O9. The standard InChI is InChI=1S/C50H79N13O9/c1-31(2)28-40(49(71)72)62-44(66)37(22-14-26-56-50(54)55)59-45(67)38(29-33-16-6-4-7-17-33)61-46(68)39(30-34-18-8-5-9-19-34)60-43(65)36(21-11-13-25-52)58-42(64)32(3)57-47(69)41-23-15-27-63(41)48(70)35(53)20-10-12-24-51/h4-9,16-19,31-32,35-41H,10-15,20-30,51-53H2,1-3H3,(H,57,69)(H,58,64)(H,59,67)(H,60,65)(H,61,68)(H,62,66)(H,71,72)(H4,54,55,56)/t32-,35-,36-,37-,38-,39-,40-,41-/m0/s1. The fourth-order valence-electron chi connectivity index (χ4n) is 8.25. The smallest absolute Gasteiger partial charge is 0.326 e. The van der Waals surface area contributed by atoms with E-state index in [0.29, 0.717) is 75.7 Å². The summed E-state index contributed by atoms with van der Waals surface area (Å²) in [4.78, 5) is 115. The summed E-state index contributed by atoms with van der Waals surface area (Å²) in [5.74, 6) is -6.10. The Labute approximate surface area is 422 Å². The van der Waals surface area contributed by atoms with E-state index >= 15 is 0 Å². The summed E-state index contributed by atoms with van der Waals surface area (Å²) in [6, 6.07) is 8.51. The van der Waals surface area contributed by atoms with E-state index in [1.54, 1.807) is 60.7 Å². The van der Waals surface area contributed by atoms with Crippen LogP contribution in [0.25, 0.3) is 0 Å². The van der Waals surface area contributed by atoms with Gasteiger partial charge in [0.15, 0.2) is 5.96 Å². The van der Waals surface area contributed by atoms with Gasteiger partial charge in [0.2, 0.25) is 41.4 Å². The molecule has 398 valence electrons. The lowest BCUT2D eigenvalue weighted by molar-refractivity contribution is -0.143. The lowest BCUT2D eigenvalue weighted by Crippen LogP contribution is -2.60. The first-order chi connectivity index (χ1) is 34.3. The number of carboxylic acid groups (broad SMARTS) is 1. The van der Waals surface area contributed by atoms with Crippen LogP contribution >= 0.6 is 0 Å². The molecule has 1 aliphatic rings. The molecule has 0 saturated carbocycles. The van der Waals surface area contributed by atoms with Gasteiger partial charge in [-0.25, -0.2) is 4.79 Å². The van der Waals surface area contributed by atoms with E-state index in [1.165, 1.54) is 11.8 Å². The van der Waals surface area contributed by atoms with Gasteiger partial charge in [-0.2, -0.15) is 0 Å². The van der Waals surface area contributed by atoms with Gasteiger partial charge in [0.25, 0.3) is 0 Å². The topological polar surface area (TPSA) is 375 Å². The number of carbonyl (C=O) groups is 8. The van der Waals surface area contributed by atoms with Gasteiger partial charge in [-0.05, 0) is 101 Å². The van der Waals surface area contributed by atoms with Crippen molar-refractivity contribution in [2.75, 3.05) is 26.2 Å². The molecule has 72 heavy (non-hydrogen) atoms. The van der Waals surface area contributed by atoms with Crippen molar-refractivity contribution in [3.8, 4) is 0 Å². The molecule has 22 heteroatoms. The summed E-state index contributed by atoms with van der Waals surface area (Å²) in [6.45, 7) is 6.30. The minimum absolute atomic E-state index is 0.00397. The van der Waals surface area contributed by atoms with Crippen LogP contribution in [0.5, 0.6) is 0 Å². The summed E-state index contributed by atoms with van der Waals surface area (Å²) < 4.78 is 0. The number of likely N-dealkylation sites (tertiary alicyclic amines) is 1. The number of guanidine groups is 1. The molecule has 22 nitrogen and oxygen atoms in total. The van der Waals surface area contributed by atoms with Crippen molar-refractivity contribution in [1.82, 2.24) is 36.8 Å². The monoisotopic (exact) mass is 1010 g/mol. The Morgan fingerprint density at radius 2 is 1.08 bits per heavy atom. The van der Waals surface area contributed by atoms with Gasteiger partial charge < -0.3 is 70.6 Å². The van der Waals surface area contributed by atoms with Crippen LogP contribution in [-0.2, 0) is 51.2 Å². The number of aliphatic imine (C=N–C) groups is 1. The molecule has 1 saturated heterocycles. The highest BCUT2D eigenvalue weighted by Gasteiger charge is 2.38. The number of benzene rings is 2. The predicted octanol–water partition coefficient (Wildman–Crippen LogP) is -0.839. The molecule has 7 amide bonds. The van der Waals surface area contributed by atoms with Gasteiger partial charge in [-0.15, -0.1) is 0 Å². The van der Waals surface area contributed by atoms with E-state index < -0.39 is 89.7 Å². The molecule has 0 spiro atoms. The number of nitrogens with one attached hydrogen (secondary N) is 6. The molecule has 0 bridgehead atoms. The summed E-state index contributed by atoms with van der Waals surface area (Å²) in [5.41, 5.74) is 29.8. The van der Waals surface area contributed by atoms with Crippen molar-refractivity contribution in [2.24, 2.45) is 39.6 Å². The number of carbonyl (C=O) groups excluding carboxylic acids is 7. The molecular weight excluding hydrogens is 927 g/mol. The maximum atomic E-state index is 14.6. The van der Waals surface area contributed by atoms with Crippen LogP contribution in [-0.4, -0.2) is 138 Å². The Balaban J connectivity index is 1.89. The van der Waals surface area contributed by atoms with Gasteiger partial charge >= 0.3 is 5.97 Å². The van der Waals surface area contributed by atoms with Crippen molar-refractivity contribution < 1.29 is 43.5 Å². The normalized spacial score (nSPS) is 16.2. The fraction of sp³-hybridized carbons (Fsp3) is 0.580. The molecule has 2 aromatic carbocycles. The van der Waals surface area contributed by atoms with E-state index in [1.807, 2.05) is 13.8 Å². The number of unbranched alkanes of at least 4 members (excludes halogenated alkanes) is 2. The third-order valence-corrected chi connectivity index (χ3v) is 12.2. The molecule has 2 aromatic rings. The van der Waals surface area contributed by atoms with Gasteiger partial charge in [0, 0.05) is 25.9 Å². The zero-order chi connectivity index (χ0) is 53.2. The second-order valence-electron chi connectivity index (χ2n) is 18.7. The van der Waals surface area contributed by atoms with Crippen LogP contribution in [0.1, 0.15) is 103 Å². The zero-order valence-corrected chi connectivity index (χ0v) is 42.0. The summed E-state index contributed by atoms with van der Waals surface area (Å²) in [6.07, 6.45) is 4.07. The van der Waals surface area contributed by atoms with Crippen LogP contribution in [0.4, 0.5) is 0 Å². The average molecular weight is 1010 g/mol. The van der Waals surface area contributed by atoms with Crippen molar-refractivity contribution in [2.45, 2.75) is 153 Å². The number of rotatable bonds is 32. The molecule has 3 rings (SSSR count). The van der Waals surface area contributed by atoms with Crippen LogP contribution in [0.15, 0.2) is 65.7 Å². The maximum Gasteiger partial charge on any atom is 0.326 e. The molecule has 0 unspecified atom stereocenters. The van der Waals surface area contributed by atoms with Crippen molar-refractivity contribution in [1.29, 1.82) is 0 Å². The molecule has 1 fully saturated rings. The second kappa shape index (κ2) is 31.6. The van der Waals surface area contributed by atoms with Crippen LogP contribution in [0, 0.1) is 5.92 Å². The SMILES string of the molecule is CC(C)C[C@H](NC(=O)[C@H](CCCN=C(N)N)NC(=O)[C@H](Cc1ccccc1)NC(=O)[C@H](Cc1ccccc1)NC(=O)[C@H](CCCCN)NC(=O)[C@H](C)NC(=O)[C@@H]1CCCN1C(=O)[C@@H](N)CCCCN)C(=O)O. The van der Waals surface area contributed by atoms with Gasteiger partial charge in [0.1, 0.15) is 42.3 Å². The summed E-state index contributed by atoms with van der Waals surface area (Å²) in [7, 11) is 0. The number of nitrogens with zero attached hydrogens (tertiary/aromatic N) is 2. The number of nitrogens with two attached hydrogens (primary N) is 5. The molecule has 0 radical (unpaired) electrons. The zero-order valence-electron chi connectivity index (χ0n) is 42.0. The van der Waals surface area contributed by atoms with Crippen LogP contribution < -0.4 is 60.6 Å². The first kappa shape index (κ1) is 59.7. The van der Waals surface area contributed by atoms with Crippen LogP contribution in [0.2, 0.25) is 0 Å². The first-order valence-electron chi connectivity index (χ1n) is 25.0. The Morgan fingerprint density at radius 3 is 1.57 bits per heavy atom. The number of hydrogen-bond acceptors (Lipinski definition) is 12. The highest BCUT2D eigenvalue weighted by atomic mass is 16.4. The summed E-state index contributed by atoms with van der Waals surface area (Å²) >= 11 is 0. The highest BCUT2D eigenvalue weighted by molar-refractivity contribution is 5.97. The molecule has 0 aromatic heterocycles. The lowest BCUT2D eigenvalue weighted by atomic mass is 10.0. The molecule has 8 atom stereocenters. The van der Waals surface area contributed by atoms with Crippen LogP contribution in [0.3, 0.4) is 0 Å². The Bertz CT molecular complexity index is 2090. The van der Waals surface area contributed by atoms with E-state index in [9.17, 15) is 43.5 Å². The Kier molecular flexibility index (Phi) is 26.2.